The van der Waals surface area contributed by atoms with Gasteiger partial charge in [0.05, 0.1) is 7.11 Å². The summed E-state index contributed by atoms with van der Waals surface area (Å²) < 4.78 is 5.19. The number of methoxy groups -OCH3 is 1. The van der Waals surface area contributed by atoms with Gasteiger partial charge in [-0.2, -0.15) is 0 Å². The Bertz CT molecular complexity index is 596. The van der Waals surface area contributed by atoms with Crippen LogP contribution in [0.2, 0.25) is 0 Å². The summed E-state index contributed by atoms with van der Waals surface area (Å²) in [6, 6.07) is 13.3. The SMILES string of the molecule is CN=Cc1ccccc1Pc1cc(OC)ccc1O. The summed E-state index contributed by atoms with van der Waals surface area (Å²) in [4.78, 5) is 4.06. The molecule has 1 atom stereocenters. The number of hydrogen-bond donors (Lipinski definition) is 1. The number of aliphatic imine (C=N–C) groups is 1. The predicted octanol–water partition coefficient (Wildman–Crippen LogP) is 2.08. The number of hydrogen-bond acceptors (Lipinski definition) is 3. The van der Waals surface area contributed by atoms with Gasteiger partial charge in [0, 0.05) is 18.6 Å². The van der Waals surface area contributed by atoms with E-state index in [0.717, 1.165) is 21.9 Å². The highest BCUT2D eigenvalue weighted by molar-refractivity contribution is 7.56. The molecular formula is C15H16NO2P. The Morgan fingerprint density at radius 3 is 2.68 bits per heavy atom. The first-order valence-electron chi connectivity index (χ1n) is 5.90. The molecule has 2 rings (SSSR count). The molecule has 0 radical (unpaired) electrons. The normalized spacial score (nSPS) is 11.5. The van der Waals surface area contributed by atoms with Crippen molar-refractivity contribution in [3.8, 4) is 11.5 Å². The molecule has 0 aliphatic heterocycles. The molecule has 0 aromatic heterocycles. The molecular weight excluding hydrogens is 257 g/mol. The third kappa shape index (κ3) is 3.33. The van der Waals surface area contributed by atoms with Gasteiger partial charge in [-0.05, 0) is 29.1 Å². The van der Waals surface area contributed by atoms with Gasteiger partial charge in [-0.1, -0.05) is 32.8 Å². The summed E-state index contributed by atoms with van der Waals surface area (Å²) in [5.74, 6) is 1.05. The van der Waals surface area contributed by atoms with Crippen molar-refractivity contribution < 1.29 is 9.84 Å². The van der Waals surface area contributed by atoms with Crippen molar-refractivity contribution in [2.75, 3.05) is 14.2 Å². The molecule has 0 fully saturated rings. The molecule has 1 unspecified atom stereocenters. The maximum absolute atomic E-state index is 9.93. The van der Waals surface area contributed by atoms with E-state index in [9.17, 15) is 5.11 Å². The molecule has 0 aliphatic rings. The van der Waals surface area contributed by atoms with Crippen LogP contribution in [-0.2, 0) is 0 Å². The molecule has 0 spiro atoms. The lowest BCUT2D eigenvalue weighted by Crippen LogP contribution is -2.09. The van der Waals surface area contributed by atoms with Crippen molar-refractivity contribution in [2.24, 2.45) is 4.99 Å². The lowest BCUT2D eigenvalue weighted by atomic mass is 10.2. The number of rotatable bonds is 4. The van der Waals surface area contributed by atoms with Crippen LogP contribution in [0.5, 0.6) is 11.5 Å². The number of benzene rings is 2. The summed E-state index contributed by atoms with van der Waals surface area (Å²) in [7, 11) is 3.74. The standard InChI is InChI=1S/C15H16NO2P/c1-16-10-11-5-3-4-6-14(11)19-15-9-12(18-2)7-8-13(15)17/h3-10,17,19H,1-2H3. The minimum absolute atomic E-state index is 0.294. The van der Waals surface area contributed by atoms with E-state index in [2.05, 4.69) is 4.99 Å². The topological polar surface area (TPSA) is 41.8 Å². The van der Waals surface area contributed by atoms with E-state index < -0.39 is 0 Å². The second-order valence-corrected chi connectivity index (χ2v) is 5.31. The molecule has 0 saturated carbocycles. The van der Waals surface area contributed by atoms with Crippen LogP contribution in [-0.4, -0.2) is 25.5 Å². The average Bonchev–Trinajstić information content (AvgIpc) is 2.43. The van der Waals surface area contributed by atoms with Crippen molar-refractivity contribution in [3.05, 3.63) is 48.0 Å². The van der Waals surface area contributed by atoms with Gasteiger partial charge in [-0.25, -0.2) is 0 Å². The summed E-state index contributed by atoms with van der Waals surface area (Å²) >= 11 is 0. The summed E-state index contributed by atoms with van der Waals surface area (Å²) in [5, 5.41) is 12.0. The highest BCUT2D eigenvalue weighted by Gasteiger charge is 2.07. The number of phenolic OH excluding ortho intramolecular Hbond substituents is 1. The van der Waals surface area contributed by atoms with Crippen LogP contribution in [0.4, 0.5) is 0 Å². The van der Waals surface area contributed by atoms with Gasteiger partial charge in [0.2, 0.25) is 0 Å². The molecule has 0 bridgehead atoms. The average molecular weight is 273 g/mol. The zero-order valence-corrected chi connectivity index (χ0v) is 11.9. The van der Waals surface area contributed by atoms with E-state index in [0.29, 0.717) is 14.3 Å². The number of aromatic hydroxyl groups is 1. The molecule has 98 valence electrons. The molecule has 0 heterocycles. The zero-order valence-electron chi connectivity index (χ0n) is 10.9. The van der Waals surface area contributed by atoms with Crippen LogP contribution >= 0.6 is 8.58 Å². The number of phenols is 1. The third-order valence-corrected chi connectivity index (χ3v) is 4.10. The second-order valence-electron chi connectivity index (χ2n) is 3.98. The van der Waals surface area contributed by atoms with Crippen LogP contribution < -0.4 is 15.3 Å². The zero-order chi connectivity index (χ0) is 13.7. The number of nitrogens with zero attached hydrogens (tertiary/aromatic N) is 1. The van der Waals surface area contributed by atoms with E-state index in [1.807, 2.05) is 36.5 Å². The fourth-order valence-electron chi connectivity index (χ4n) is 1.75. The first-order chi connectivity index (χ1) is 9.24. The van der Waals surface area contributed by atoms with Gasteiger partial charge in [0.25, 0.3) is 0 Å². The van der Waals surface area contributed by atoms with Gasteiger partial charge >= 0.3 is 0 Å². The van der Waals surface area contributed by atoms with Crippen LogP contribution in [0, 0.1) is 0 Å². The predicted molar refractivity (Wildman–Crippen MR) is 82.2 cm³/mol. The molecule has 2 aromatic rings. The van der Waals surface area contributed by atoms with Crippen molar-refractivity contribution >= 4 is 25.4 Å². The Labute approximate surface area is 114 Å². The van der Waals surface area contributed by atoms with Gasteiger partial charge in [0.15, 0.2) is 0 Å². The van der Waals surface area contributed by atoms with Crippen molar-refractivity contribution in [1.29, 1.82) is 0 Å². The molecule has 4 heteroatoms. The van der Waals surface area contributed by atoms with Crippen molar-refractivity contribution in [1.82, 2.24) is 0 Å². The lowest BCUT2D eigenvalue weighted by Gasteiger charge is -2.09. The Morgan fingerprint density at radius 1 is 1.16 bits per heavy atom. The van der Waals surface area contributed by atoms with E-state index in [4.69, 9.17) is 4.74 Å². The van der Waals surface area contributed by atoms with E-state index in [1.54, 1.807) is 26.3 Å². The van der Waals surface area contributed by atoms with E-state index >= 15 is 0 Å². The van der Waals surface area contributed by atoms with E-state index in [-0.39, 0.29) is 0 Å². The first-order valence-corrected chi connectivity index (χ1v) is 6.90. The fourth-order valence-corrected chi connectivity index (χ4v) is 2.94. The quantitative estimate of drug-likeness (QED) is 0.684. The lowest BCUT2D eigenvalue weighted by molar-refractivity contribution is 0.413. The minimum Gasteiger partial charge on any atom is -0.507 e. The first kappa shape index (κ1) is 13.6. The second kappa shape index (κ2) is 6.35. The highest BCUT2D eigenvalue weighted by atomic mass is 31.1. The molecule has 1 N–H and O–H groups in total. The minimum atomic E-state index is 0.294. The molecule has 2 aromatic carbocycles. The summed E-state index contributed by atoms with van der Waals surface area (Å²) in [5.41, 5.74) is 1.07. The van der Waals surface area contributed by atoms with Gasteiger partial charge in [-0.15, -0.1) is 0 Å². The van der Waals surface area contributed by atoms with Crippen molar-refractivity contribution in [2.45, 2.75) is 0 Å². The van der Waals surface area contributed by atoms with Crippen LogP contribution in [0.15, 0.2) is 47.5 Å². The third-order valence-electron chi connectivity index (χ3n) is 2.70. The monoisotopic (exact) mass is 273 g/mol. The van der Waals surface area contributed by atoms with Crippen LogP contribution in [0.3, 0.4) is 0 Å². The van der Waals surface area contributed by atoms with E-state index in [1.165, 1.54) is 0 Å². The van der Waals surface area contributed by atoms with Crippen LogP contribution in [0.1, 0.15) is 5.56 Å². The molecule has 0 amide bonds. The van der Waals surface area contributed by atoms with Crippen molar-refractivity contribution in [3.63, 3.8) is 0 Å². The Balaban J connectivity index is 2.35. The highest BCUT2D eigenvalue weighted by Crippen LogP contribution is 2.23. The maximum Gasteiger partial charge on any atom is 0.123 e. The van der Waals surface area contributed by atoms with Gasteiger partial charge in [0.1, 0.15) is 11.5 Å². The maximum atomic E-state index is 9.93. The molecule has 0 aliphatic carbocycles. The molecule has 3 nitrogen and oxygen atoms in total. The smallest absolute Gasteiger partial charge is 0.123 e. The largest absolute Gasteiger partial charge is 0.507 e. The Hall–Kier alpha value is -1.86. The number of ether oxygens (including phenoxy) is 1. The summed E-state index contributed by atoms with van der Waals surface area (Å²) in [6.45, 7) is 0. The van der Waals surface area contributed by atoms with Gasteiger partial charge in [-0.3, -0.25) is 4.99 Å². The summed E-state index contributed by atoms with van der Waals surface area (Å²) in [6.07, 6.45) is 1.83. The van der Waals surface area contributed by atoms with Gasteiger partial charge < -0.3 is 9.84 Å². The molecule has 19 heavy (non-hydrogen) atoms. The Kier molecular flexibility index (Phi) is 4.53. The van der Waals surface area contributed by atoms with Crippen LogP contribution in [0.25, 0.3) is 0 Å². The fraction of sp³-hybridized carbons (Fsp3) is 0.133. The Morgan fingerprint density at radius 2 is 1.95 bits per heavy atom. The molecule has 0 saturated heterocycles.